The van der Waals surface area contributed by atoms with Crippen LogP contribution >= 0.6 is 0 Å². The van der Waals surface area contributed by atoms with Crippen LogP contribution in [0.25, 0.3) is 0 Å². The van der Waals surface area contributed by atoms with Gasteiger partial charge < -0.3 is 5.11 Å². The minimum absolute atomic E-state index is 0.472. The zero-order valence-corrected chi connectivity index (χ0v) is 7.80. The number of hydrogen-bond donors (Lipinski definition) is 1. The fourth-order valence-electron chi connectivity index (χ4n) is 1.55. The summed E-state index contributed by atoms with van der Waals surface area (Å²) in [6, 6.07) is 0. The van der Waals surface area contributed by atoms with Crippen molar-refractivity contribution in [2.75, 3.05) is 19.6 Å². The Balaban J connectivity index is 2.21. The Morgan fingerprint density at radius 3 is 2.45 bits per heavy atom. The van der Waals surface area contributed by atoms with Gasteiger partial charge in [0.05, 0.1) is 5.60 Å². The molecule has 1 saturated heterocycles. The van der Waals surface area contributed by atoms with Crippen molar-refractivity contribution < 1.29 is 5.11 Å². The summed E-state index contributed by atoms with van der Waals surface area (Å²) in [6.07, 6.45) is 0.845. The van der Waals surface area contributed by atoms with E-state index in [-0.39, 0.29) is 0 Å². The number of likely N-dealkylation sites (tertiary alicyclic amines) is 1. The highest BCUT2D eigenvalue weighted by atomic mass is 16.3. The molecule has 0 amide bonds. The molecule has 1 rings (SSSR count). The van der Waals surface area contributed by atoms with Gasteiger partial charge in [-0.15, -0.1) is 0 Å². The van der Waals surface area contributed by atoms with E-state index in [2.05, 4.69) is 11.8 Å². The number of aliphatic hydroxyl groups is 1. The van der Waals surface area contributed by atoms with Crippen molar-refractivity contribution in [3.05, 3.63) is 0 Å². The molecule has 0 saturated carbocycles. The Labute approximate surface area is 69.2 Å². The van der Waals surface area contributed by atoms with Gasteiger partial charge in [0.15, 0.2) is 0 Å². The van der Waals surface area contributed by atoms with Gasteiger partial charge >= 0.3 is 0 Å². The Kier molecular flexibility index (Phi) is 2.55. The second-order valence-electron chi connectivity index (χ2n) is 4.15. The number of rotatable bonds is 3. The minimum Gasteiger partial charge on any atom is -0.389 e. The van der Waals surface area contributed by atoms with E-state index in [0.29, 0.717) is 0 Å². The minimum atomic E-state index is -0.472. The maximum absolute atomic E-state index is 9.70. The topological polar surface area (TPSA) is 23.5 Å². The van der Waals surface area contributed by atoms with Crippen molar-refractivity contribution in [3.8, 4) is 0 Å². The molecule has 11 heavy (non-hydrogen) atoms. The molecule has 0 aromatic heterocycles. The lowest BCUT2D eigenvalue weighted by Gasteiger charge is -2.41. The highest BCUT2D eigenvalue weighted by molar-refractivity contribution is 4.83. The zero-order chi connectivity index (χ0) is 8.48. The Bertz CT molecular complexity index is 128. The lowest BCUT2D eigenvalue weighted by atomic mass is 9.97. The van der Waals surface area contributed by atoms with E-state index in [0.717, 1.165) is 32.0 Å². The van der Waals surface area contributed by atoms with Crippen LogP contribution in [-0.2, 0) is 0 Å². The molecule has 1 fully saturated rings. The second kappa shape index (κ2) is 3.11. The number of β-amino-alcohol motifs (C(OH)–C–C–N with tert-alkyl or cyclic N) is 1. The standard InChI is InChI=1S/C9H19NO/c1-4-9(3,11)7-10-5-8(2)6-10/h8,11H,4-7H2,1-3H3. The molecule has 1 heterocycles. The third-order valence-corrected chi connectivity index (χ3v) is 2.47. The monoisotopic (exact) mass is 157 g/mol. The summed E-state index contributed by atoms with van der Waals surface area (Å²) in [6.45, 7) is 9.36. The molecule has 66 valence electrons. The highest BCUT2D eigenvalue weighted by Crippen LogP contribution is 2.19. The average Bonchev–Trinajstić information content (AvgIpc) is 1.84. The molecule has 0 aromatic rings. The predicted molar refractivity (Wildman–Crippen MR) is 46.5 cm³/mol. The fourth-order valence-corrected chi connectivity index (χ4v) is 1.55. The molecule has 1 N–H and O–H groups in total. The van der Waals surface area contributed by atoms with E-state index in [9.17, 15) is 5.11 Å². The average molecular weight is 157 g/mol. The van der Waals surface area contributed by atoms with Crippen LogP contribution < -0.4 is 0 Å². The van der Waals surface area contributed by atoms with E-state index in [1.165, 1.54) is 0 Å². The van der Waals surface area contributed by atoms with Crippen LogP contribution in [0.15, 0.2) is 0 Å². The summed E-state index contributed by atoms with van der Waals surface area (Å²) in [5.74, 6) is 0.836. The van der Waals surface area contributed by atoms with Crippen molar-refractivity contribution in [1.82, 2.24) is 4.90 Å². The molecule has 1 aliphatic rings. The molecule has 0 radical (unpaired) electrons. The first-order valence-corrected chi connectivity index (χ1v) is 4.48. The van der Waals surface area contributed by atoms with Crippen LogP contribution in [0.1, 0.15) is 27.2 Å². The summed E-state index contributed by atoms with van der Waals surface area (Å²) in [7, 11) is 0. The first-order chi connectivity index (χ1) is 5.03. The van der Waals surface area contributed by atoms with Crippen LogP contribution in [0.5, 0.6) is 0 Å². The van der Waals surface area contributed by atoms with E-state index < -0.39 is 5.60 Å². The van der Waals surface area contributed by atoms with Crippen LogP contribution in [0.4, 0.5) is 0 Å². The molecule has 2 nitrogen and oxygen atoms in total. The van der Waals surface area contributed by atoms with Crippen LogP contribution in [0.3, 0.4) is 0 Å². The van der Waals surface area contributed by atoms with Crippen LogP contribution in [-0.4, -0.2) is 35.2 Å². The lowest BCUT2D eigenvalue weighted by molar-refractivity contribution is -0.0180. The molecule has 1 unspecified atom stereocenters. The predicted octanol–water partition coefficient (Wildman–Crippen LogP) is 1.10. The summed E-state index contributed by atoms with van der Waals surface area (Å²) in [5.41, 5.74) is -0.472. The second-order valence-corrected chi connectivity index (χ2v) is 4.15. The highest BCUT2D eigenvalue weighted by Gasteiger charge is 2.28. The van der Waals surface area contributed by atoms with Crippen LogP contribution in [0.2, 0.25) is 0 Å². The first-order valence-electron chi connectivity index (χ1n) is 4.48. The summed E-state index contributed by atoms with van der Waals surface area (Å²) in [5, 5.41) is 9.70. The van der Waals surface area contributed by atoms with Crippen molar-refractivity contribution >= 4 is 0 Å². The molecule has 0 aromatic carbocycles. The van der Waals surface area contributed by atoms with E-state index >= 15 is 0 Å². The van der Waals surface area contributed by atoms with E-state index in [1.807, 2.05) is 13.8 Å². The van der Waals surface area contributed by atoms with Crippen molar-refractivity contribution in [2.24, 2.45) is 5.92 Å². The summed E-state index contributed by atoms with van der Waals surface area (Å²) in [4.78, 5) is 2.31. The third kappa shape index (κ3) is 2.46. The third-order valence-electron chi connectivity index (χ3n) is 2.47. The van der Waals surface area contributed by atoms with Gasteiger partial charge in [0.2, 0.25) is 0 Å². The Morgan fingerprint density at radius 1 is 1.55 bits per heavy atom. The van der Waals surface area contributed by atoms with E-state index in [1.54, 1.807) is 0 Å². The molecule has 0 bridgehead atoms. The summed E-state index contributed by atoms with van der Waals surface area (Å²) >= 11 is 0. The SMILES string of the molecule is CCC(C)(O)CN1CC(C)C1. The molecule has 2 heteroatoms. The van der Waals surface area contributed by atoms with Gasteiger partial charge in [-0.05, 0) is 19.3 Å². The lowest BCUT2D eigenvalue weighted by Crippen LogP contribution is -2.51. The molecule has 1 aliphatic heterocycles. The quantitative estimate of drug-likeness (QED) is 0.663. The summed E-state index contributed by atoms with van der Waals surface area (Å²) < 4.78 is 0. The molecule has 0 aliphatic carbocycles. The van der Waals surface area contributed by atoms with Gasteiger partial charge in [0, 0.05) is 19.6 Å². The maximum Gasteiger partial charge on any atom is 0.0743 e. The zero-order valence-electron chi connectivity index (χ0n) is 7.80. The Morgan fingerprint density at radius 2 is 2.09 bits per heavy atom. The molecular weight excluding hydrogens is 138 g/mol. The van der Waals surface area contributed by atoms with Gasteiger partial charge in [-0.3, -0.25) is 4.90 Å². The first kappa shape index (κ1) is 9.01. The molecular formula is C9H19NO. The normalized spacial score (nSPS) is 26.2. The van der Waals surface area contributed by atoms with Gasteiger partial charge in [-0.25, -0.2) is 0 Å². The number of hydrogen-bond acceptors (Lipinski definition) is 2. The van der Waals surface area contributed by atoms with Gasteiger partial charge in [0.25, 0.3) is 0 Å². The van der Waals surface area contributed by atoms with Crippen molar-refractivity contribution in [1.29, 1.82) is 0 Å². The fraction of sp³-hybridized carbons (Fsp3) is 1.00. The largest absolute Gasteiger partial charge is 0.389 e. The van der Waals surface area contributed by atoms with Crippen LogP contribution in [0, 0.1) is 5.92 Å². The van der Waals surface area contributed by atoms with Crippen molar-refractivity contribution in [2.45, 2.75) is 32.8 Å². The molecule has 0 spiro atoms. The van der Waals surface area contributed by atoms with Gasteiger partial charge in [0.1, 0.15) is 0 Å². The number of nitrogens with zero attached hydrogens (tertiary/aromatic N) is 1. The Hall–Kier alpha value is -0.0800. The van der Waals surface area contributed by atoms with Gasteiger partial charge in [-0.2, -0.15) is 0 Å². The van der Waals surface area contributed by atoms with Gasteiger partial charge in [-0.1, -0.05) is 13.8 Å². The van der Waals surface area contributed by atoms with E-state index in [4.69, 9.17) is 0 Å². The maximum atomic E-state index is 9.70. The smallest absolute Gasteiger partial charge is 0.0743 e. The molecule has 1 atom stereocenters. The van der Waals surface area contributed by atoms with Crippen molar-refractivity contribution in [3.63, 3.8) is 0 Å².